The number of hydrogen-bond acceptors (Lipinski definition) is 7. The second-order valence-electron chi connectivity index (χ2n) is 4.97. The zero-order chi connectivity index (χ0) is 15.7. The van der Waals surface area contributed by atoms with Gasteiger partial charge in [0.25, 0.3) is 0 Å². The Morgan fingerprint density at radius 2 is 1.91 bits per heavy atom. The van der Waals surface area contributed by atoms with E-state index in [1.165, 1.54) is 14.2 Å². The maximum atomic E-state index is 12.1. The van der Waals surface area contributed by atoms with Crippen LogP contribution in [0.15, 0.2) is 28.9 Å². The fraction of sp³-hybridized carbons (Fsp3) is 0.400. The highest BCUT2D eigenvalue weighted by molar-refractivity contribution is 8.03. The average Bonchev–Trinajstić information content (AvgIpc) is 2.92. The van der Waals surface area contributed by atoms with Gasteiger partial charge in [0.05, 0.1) is 26.2 Å². The van der Waals surface area contributed by atoms with Crippen molar-refractivity contribution in [2.75, 3.05) is 14.2 Å². The molecule has 116 valence electrons. The molecule has 1 aliphatic carbocycles. The summed E-state index contributed by atoms with van der Waals surface area (Å²) in [5.41, 5.74) is 0.902. The predicted octanol–water partition coefficient (Wildman–Crippen LogP) is 2.36. The number of allylic oxidation sites excluding steroid dienone is 2. The summed E-state index contributed by atoms with van der Waals surface area (Å²) in [6.45, 7) is 2.05. The Morgan fingerprint density at radius 1 is 1.23 bits per heavy atom. The molecule has 0 bridgehead atoms. The minimum absolute atomic E-state index is 0.113. The van der Waals surface area contributed by atoms with Crippen LogP contribution in [0.3, 0.4) is 0 Å². The van der Waals surface area contributed by atoms with E-state index in [2.05, 4.69) is 9.97 Å². The van der Waals surface area contributed by atoms with E-state index in [1.807, 2.05) is 12.3 Å². The molecule has 0 amide bonds. The summed E-state index contributed by atoms with van der Waals surface area (Å²) in [4.78, 5) is 20.4. The van der Waals surface area contributed by atoms with Crippen molar-refractivity contribution >= 4 is 17.5 Å². The standard InChI is InChI=1S/C15H16N2O4S/c1-8-14-9(7-22-8)11(5-4-10(14)18)21-15-16-12(19-2)6-13(17-15)20-3/h5-8,14H,4H2,1-3H3. The first-order valence-corrected chi connectivity index (χ1v) is 7.80. The number of ketones is 1. The molecular weight excluding hydrogens is 304 g/mol. The minimum atomic E-state index is -0.113. The lowest BCUT2D eigenvalue weighted by atomic mass is 9.85. The van der Waals surface area contributed by atoms with Crippen LogP contribution in [0.25, 0.3) is 0 Å². The molecule has 2 aliphatic rings. The first-order valence-electron chi connectivity index (χ1n) is 6.86. The molecule has 2 atom stereocenters. The van der Waals surface area contributed by atoms with E-state index in [0.29, 0.717) is 23.9 Å². The third kappa shape index (κ3) is 2.68. The summed E-state index contributed by atoms with van der Waals surface area (Å²) in [7, 11) is 3.02. The van der Waals surface area contributed by atoms with E-state index < -0.39 is 0 Å². The number of Topliss-reactive ketones (excluding diaryl/α,β-unsaturated/α-hetero) is 1. The van der Waals surface area contributed by atoms with Crippen LogP contribution < -0.4 is 14.2 Å². The van der Waals surface area contributed by atoms with Gasteiger partial charge in [-0.25, -0.2) is 0 Å². The maximum Gasteiger partial charge on any atom is 0.328 e. The number of carbonyl (C=O) groups is 1. The molecule has 0 saturated heterocycles. The number of fused-ring (bicyclic) bond motifs is 1. The van der Waals surface area contributed by atoms with Gasteiger partial charge in [0.15, 0.2) is 0 Å². The Balaban J connectivity index is 1.88. The third-order valence-electron chi connectivity index (χ3n) is 3.61. The van der Waals surface area contributed by atoms with Crippen LogP contribution in [0.4, 0.5) is 0 Å². The molecule has 0 N–H and O–H groups in total. The van der Waals surface area contributed by atoms with Crippen LogP contribution >= 0.6 is 11.8 Å². The van der Waals surface area contributed by atoms with Crippen LogP contribution in [0.1, 0.15) is 13.3 Å². The van der Waals surface area contributed by atoms with Gasteiger partial charge in [-0.1, -0.05) is 6.92 Å². The van der Waals surface area contributed by atoms with Gasteiger partial charge in [-0.2, -0.15) is 9.97 Å². The summed E-state index contributed by atoms with van der Waals surface area (Å²) < 4.78 is 16.0. The molecule has 2 unspecified atom stereocenters. The van der Waals surface area contributed by atoms with E-state index in [1.54, 1.807) is 23.9 Å². The fourth-order valence-corrected chi connectivity index (χ4v) is 3.59. The van der Waals surface area contributed by atoms with E-state index in [9.17, 15) is 4.79 Å². The Labute approximate surface area is 132 Å². The molecule has 2 heterocycles. The van der Waals surface area contributed by atoms with Crippen molar-refractivity contribution < 1.29 is 19.0 Å². The van der Waals surface area contributed by atoms with Crippen LogP contribution in [0.2, 0.25) is 0 Å². The first kappa shape index (κ1) is 14.9. The van der Waals surface area contributed by atoms with Crippen molar-refractivity contribution in [1.82, 2.24) is 9.97 Å². The quantitative estimate of drug-likeness (QED) is 0.843. The first-order chi connectivity index (χ1) is 10.6. The summed E-state index contributed by atoms with van der Waals surface area (Å²) in [6.07, 6.45) is 2.14. The number of carbonyl (C=O) groups excluding carboxylic acids is 1. The summed E-state index contributed by atoms with van der Waals surface area (Å²) in [5, 5.41) is 2.21. The highest BCUT2D eigenvalue weighted by Crippen LogP contribution is 2.43. The zero-order valence-electron chi connectivity index (χ0n) is 12.5. The highest BCUT2D eigenvalue weighted by atomic mass is 32.2. The van der Waals surface area contributed by atoms with Crippen molar-refractivity contribution in [2.45, 2.75) is 18.6 Å². The number of nitrogens with zero attached hydrogens (tertiary/aromatic N) is 2. The van der Waals surface area contributed by atoms with Gasteiger partial charge >= 0.3 is 6.01 Å². The lowest BCUT2D eigenvalue weighted by Gasteiger charge is -2.23. The molecule has 0 spiro atoms. The molecule has 1 aliphatic heterocycles. The van der Waals surface area contributed by atoms with Crippen molar-refractivity contribution in [1.29, 1.82) is 0 Å². The van der Waals surface area contributed by atoms with Crippen LogP contribution in [-0.4, -0.2) is 35.2 Å². The average molecular weight is 320 g/mol. The Morgan fingerprint density at radius 3 is 2.55 bits per heavy atom. The second kappa shape index (κ2) is 6.00. The molecule has 22 heavy (non-hydrogen) atoms. The summed E-state index contributed by atoms with van der Waals surface area (Å²) in [6, 6.07) is 1.71. The SMILES string of the molecule is COc1cc(OC)nc(OC2=CCC(=O)C3C2=CSC3C)n1. The molecule has 0 radical (unpaired) electrons. The van der Waals surface area contributed by atoms with Gasteiger partial charge in [-0.3, -0.25) is 4.79 Å². The molecule has 0 fully saturated rings. The van der Waals surface area contributed by atoms with Crippen LogP contribution in [0.5, 0.6) is 17.8 Å². The normalized spacial score (nSPS) is 23.5. The van der Waals surface area contributed by atoms with E-state index in [4.69, 9.17) is 14.2 Å². The molecular formula is C15H16N2O4S. The topological polar surface area (TPSA) is 70.5 Å². The van der Waals surface area contributed by atoms with E-state index in [-0.39, 0.29) is 23.0 Å². The third-order valence-corrected chi connectivity index (χ3v) is 4.70. The molecule has 1 aromatic heterocycles. The van der Waals surface area contributed by atoms with Gasteiger partial charge in [0.1, 0.15) is 11.5 Å². The lowest BCUT2D eigenvalue weighted by molar-refractivity contribution is -0.121. The van der Waals surface area contributed by atoms with Crippen molar-refractivity contribution in [3.05, 3.63) is 28.9 Å². The molecule has 3 rings (SSSR count). The second-order valence-corrected chi connectivity index (χ2v) is 6.22. The molecule has 0 saturated carbocycles. The number of methoxy groups -OCH3 is 2. The molecule has 6 nitrogen and oxygen atoms in total. The highest BCUT2D eigenvalue weighted by Gasteiger charge is 2.38. The Bertz CT molecular complexity index is 649. The van der Waals surface area contributed by atoms with Crippen LogP contribution in [-0.2, 0) is 4.79 Å². The van der Waals surface area contributed by atoms with Gasteiger partial charge in [0, 0.05) is 17.2 Å². The van der Waals surface area contributed by atoms with Crippen LogP contribution in [0, 0.1) is 5.92 Å². The summed E-state index contributed by atoms with van der Waals surface area (Å²) in [5.74, 6) is 1.46. The Hall–Kier alpha value is -2.02. The van der Waals surface area contributed by atoms with E-state index in [0.717, 1.165) is 5.57 Å². The number of ether oxygens (including phenoxy) is 3. The number of thioether (sulfide) groups is 1. The van der Waals surface area contributed by atoms with Crippen molar-refractivity contribution in [3.63, 3.8) is 0 Å². The molecule has 1 aromatic rings. The van der Waals surface area contributed by atoms with Gasteiger partial charge in [-0.15, -0.1) is 11.8 Å². The zero-order valence-corrected chi connectivity index (χ0v) is 13.3. The maximum absolute atomic E-state index is 12.1. The predicted molar refractivity (Wildman–Crippen MR) is 82.1 cm³/mol. The van der Waals surface area contributed by atoms with E-state index >= 15 is 0 Å². The van der Waals surface area contributed by atoms with Gasteiger partial charge in [0.2, 0.25) is 11.8 Å². The van der Waals surface area contributed by atoms with Gasteiger partial charge < -0.3 is 14.2 Å². The molecule has 7 heteroatoms. The number of rotatable bonds is 4. The minimum Gasteiger partial charge on any atom is -0.481 e. The number of aromatic nitrogens is 2. The lowest BCUT2D eigenvalue weighted by Crippen LogP contribution is -2.27. The largest absolute Gasteiger partial charge is 0.481 e. The van der Waals surface area contributed by atoms with Crippen molar-refractivity contribution in [3.8, 4) is 17.8 Å². The monoisotopic (exact) mass is 320 g/mol. The fourth-order valence-electron chi connectivity index (χ4n) is 2.51. The van der Waals surface area contributed by atoms with Gasteiger partial charge in [-0.05, 0) is 11.5 Å². The molecule has 0 aromatic carbocycles. The van der Waals surface area contributed by atoms with Crippen molar-refractivity contribution in [2.24, 2.45) is 5.92 Å². The smallest absolute Gasteiger partial charge is 0.328 e. The number of hydrogen-bond donors (Lipinski definition) is 0. The Kier molecular flexibility index (Phi) is 4.06. The summed E-state index contributed by atoms with van der Waals surface area (Å²) >= 11 is 1.64.